The predicted octanol–water partition coefficient (Wildman–Crippen LogP) is 1.12. The molecular formula is C13H18N2O2. The molecule has 1 aromatic rings. The van der Waals surface area contributed by atoms with Crippen LogP contribution in [0.3, 0.4) is 0 Å². The number of hydrogen-bond donors (Lipinski definition) is 2. The van der Waals surface area contributed by atoms with Gasteiger partial charge in [0.15, 0.2) is 0 Å². The van der Waals surface area contributed by atoms with Crippen molar-refractivity contribution in [1.82, 2.24) is 4.90 Å². The first-order chi connectivity index (χ1) is 8.11. The minimum Gasteiger partial charge on any atom is -0.507 e. The van der Waals surface area contributed by atoms with Crippen LogP contribution in [0.4, 0.5) is 0 Å². The summed E-state index contributed by atoms with van der Waals surface area (Å²) in [7, 11) is 0. The lowest BCUT2D eigenvalue weighted by molar-refractivity contribution is 0.0784. The number of phenolic OH excluding ortho intramolecular Hbond substituents is 1. The summed E-state index contributed by atoms with van der Waals surface area (Å²) < 4.78 is 0. The van der Waals surface area contributed by atoms with E-state index < -0.39 is 0 Å². The van der Waals surface area contributed by atoms with Crippen LogP contribution >= 0.6 is 0 Å². The summed E-state index contributed by atoms with van der Waals surface area (Å²) in [5.74, 6) is 0.358. The van der Waals surface area contributed by atoms with Crippen LogP contribution in [0.5, 0.6) is 5.75 Å². The molecule has 92 valence electrons. The molecule has 1 fully saturated rings. The van der Waals surface area contributed by atoms with Crippen molar-refractivity contribution in [3.8, 4) is 5.75 Å². The van der Waals surface area contributed by atoms with Crippen molar-refractivity contribution in [3.05, 3.63) is 29.3 Å². The summed E-state index contributed by atoms with van der Waals surface area (Å²) in [6.07, 6.45) is 0.953. The Morgan fingerprint density at radius 1 is 1.59 bits per heavy atom. The van der Waals surface area contributed by atoms with E-state index in [1.807, 2.05) is 13.0 Å². The number of nitrogens with zero attached hydrogens (tertiary/aromatic N) is 1. The molecule has 0 spiro atoms. The molecule has 0 bridgehead atoms. The highest BCUT2D eigenvalue weighted by Crippen LogP contribution is 2.23. The van der Waals surface area contributed by atoms with Crippen molar-refractivity contribution >= 4 is 5.91 Å². The molecule has 1 atom stereocenters. The first-order valence-electron chi connectivity index (χ1n) is 5.90. The summed E-state index contributed by atoms with van der Waals surface area (Å²) in [4.78, 5) is 13.9. The zero-order valence-corrected chi connectivity index (χ0v) is 10.0. The lowest BCUT2D eigenvalue weighted by Crippen LogP contribution is -2.29. The SMILES string of the molecule is Cc1ccc(C(=O)N2CCC(CN)C2)c(O)c1. The van der Waals surface area contributed by atoms with Crippen LogP contribution < -0.4 is 5.73 Å². The highest BCUT2D eigenvalue weighted by atomic mass is 16.3. The molecule has 1 heterocycles. The molecule has 17 heavy (non-hydrogen) atoms. The van der Waals surface area contributed by atoms with Gasteiger partial charge < -0.3 is 15.7 Å². The topological polar surface area (TPSA) is 66.6 Å². The maximum Gasteiger partial charge on any atom is 0.257 e. The monoisotopic (exact) mass is 234 g/mol. The second kappa shape index (κ2) is 4.75. The molecule has 2 rings (SSSR count). The molecule has 1 aliphatic rings. The van der Waals surface area contributed by atoms with Crippen molar-refractivity contribution in [3.63, 3.8) is 0 Å². The molecule has 1 amide bonds. The second-order valence-electron chi connectivity index (χ2n) is 4.66. The second-order valence-corrected chi connectivity index (χ2v) is 4.66. The van der Waals surface area contributed by atoms with E-state index in [1.54, 1.807) is 17.0 Å². The number of aromatic hydroxyl groups is 1. The van der Waals surface area contributed by atoms with Crippen LogP contribution in [0.2, 0.25) is 0 Å². The Morgan fingerprint density at radius 3 is 2.94 bits per heavy atom. The molecule has 4 nitrogen and oxygen atoms in total. The van der Waals surface area contributed by atoms with E-state index in [0.717, 1.165) is 18.5 Å². The van der Waals surface area contributed by atoms with E-state index >= 15 is 0 Å². The summed E-state index contributed by atoms with van der Waals surface area (Å²) in [5.41, 5.74) is 6.92. The lowest BCUT2D eigenvalue weighted by atomic mass is 10.1. The third-order valence-electron chi connectivity index (χ3n) is 3.29. The van der Waals surface area contributed by atoms with Crippen LogP contribution in [0.1, 0.15) is 22.3 Å². The summed E-state index contributed by atoms with van der Waals surface area (Å²) >= 11 is 0. The highest BCUT2D eigenvalue weighted by molar-refractivity contribution is 5.97. The number of likely N-dealkylation sites (tertiary alicyclic amines) is 1. The number of amides is 1. The summed E-state index contributed by atoms with van der Waals surface area (Å²) in [6.45, 7) is 3.93. The zero-order chi connectivity index (χ0) is 12.4. The molecule has 0 aliphatic carbocycles. The van der Waals surface area contributed by atoms with Crippen molar-refractivity contribution < 1.29 is 9.90 Å². The van der Waals surface area contributed by atoms with Crippen LogP contribution in [-0.4, -0.2) is 35.5 Å². The Labute approximate surface area is 101 Å². The number of carbonyl (C=O) groups is 1. The van der Waals surface area contributed by atoms with Gasteiger partial charge in [-0.15, -0.1) is 0 Å². The van der Waals surface area contributed by atoms with Gasteiger partial charge in [0.2, 0.25) is 0 Å². The average molecular weight is 234 g/mol. The molecule has 4 heteroatoms. The van der Waals surface area contributed by atoms with Crippen molar-refractivity contribution in [2.75, 3.05) is 19.6 Å². The third-order valence-corrected chi connectivity index (χ3v) is 3.29. The van der Waals surface area contributed by atoms with E-state index in [2.05, 4.69) is 0 Å². The molecule has 1 saturated heterocycles. The van der Waals surface area contributed by atoms with E-state index in [4.69, 9.17) is 5.73 Å². The number of carbonyl (C=O) groups excluding carboxylic acids is 1. The zero-order valence-electron chi connectivity index (χ0n) is 10.0. The maximum atomic E-state index is 12.2. The Balaban J connectivity index is 2.15. The number of nitrogens with two attached hydrogens (primary N) is 1. The number of rotatable bonds is 2. The minimum absolute atomic E-state index is 0.0613. The van der Waals surface area contributed by atoms with Crippen molar-refractivity contribution in [1.29, 1.82) is 0 Å². The largest absolute Gasteiger partial charge is 0.507 e. The van der Waals surface area contributed by atoms with E-state index in [1.165, 1.54) is 0 Å². The molecule has 1 unspecified atom stereocenters. The molecule has 0 saturated carbocycles. The number of phenols is 1. The Bertz CT molecular complexity index is 431. The fourth-order valence-electron chi connectivity index (χ4n) is 2.20. The number of hydrogen-bond acceptors (Lipinski definition) is 3. The van der Waals surface area contributed by atoms with Gasteiger partial charge in [-0.25, -0.2) is 0 Å². The maximum absolute atomic E-state index is 12.2. The minimum atomic E-state index is -0.0987. The molecule has 0 aromatic heterocycles. The van der Waals surface area contributed by atoms with Gasteiger partial charge in [0.25, 0.3) is 5.91 Å². The summed E-state index contributed by atoms with van der Waals surface area (Å²) in [5, 5.41) is 9.77. The van der Waals surface area contributed by atoms with Gasteiger partial charge in [-0.3, -0.25) is 4.79 Å². The quantitative estimate of drug-likeness (QED) is 0.806. The van der Waals surface area contributed by atoms with Crippen molar-refractivity contribution in [2.45, 2.75) is 13.3 Å². The van der Waals surface area contributed by atoms with Gasteiger partial charge in [-0.1, -0.05) is 6.07 Å². The summed E-state index contributed by atoms with van der Waals surface area (Å²) in [6, 6.07) is 5.13. The van der Waals surface area contributed by atoms with E-state index in [0.29, 0.717) is 24.6 Å². The molecule has 1 aliphatic heterocycles. The van der Waals surface area contributed by atoms with Crippen molar-refractivity contribution in [2.24, 2.45) is 11.7 Å². The van der Waals surface area contributed by atoms with E-state index in [9.17, 15) is 9.90 Å². The smallest absolute Gasteiger partial charge is 0.257 e. The molecule has 0 radical (unpaired) electrons. The first-order valence-corrected chi connectivity index (χ1v) is 5.90. The molecule has 3 N–H and O–H groups in total. The van der Waals surface area contributed by atoms with Gasteiger partial charge in [-0.05, 0) is 43.5 Å². The Morgan fingerprint density at radius 2 is 2.35 bits per heavy atom. The number of aryl methyl sites for hydroxylation is 1. The normalized spacial score (nSPS) is 19.6. The molecule has 1 aromatic carbocycles. The Hall–Kier alpha value is -1.55. The van der Waals surface area contributed by atoms with Gasteiger partial charge in [0.05, 0.1) is 5.56 Å². The van der Waals surface area contributed by atoms with Crippen LogP contribution in [0, 0.1) is 12.8 Å². The lowest BCUT2D eigenvalue weighted by Gasteiger charge is -2.17. The van der Waals surface area contributed by atoms with E-state index in [-0.39, 0.29) is 11.7 Å². The van der Waals surface area contributed by atoms with Crippen LogP contribution in [0.25, 0.3) is 0 Å². The fourth-order valence-corrected chi connectivity index (χ4v) is 2.20. The van der Waals surface area contributed by atoms with Crippen LogP contribution in [-0.2, 0) is 0 Å². The van der Waals surface area contributed by atoms with Gasteiger partial charge in [0.1, 0.15) is 5.75 Å². The van der Waals surface area contributed by atoms with Crippen LogP contribution in [0.15, 0.2) is 18.2 Å². The fraction of sp³-hybridized carbons (Fsp3) is 0.462. The predicted molar refractivity (Wildman–Crippen MR) is 65.9 cm³/mol. The highest BCUT2D eigenvalue weighted by Gasteiger charge is 2.27. The standard InChI is InChI=1S/C13H18N2O2/c1-9-2-3-11(12(16)6-9)13(17)15-5-4-10(7-14)8-15/h2-3,6,10,16H,4-5,7-8,14H2,1H3. The third kappa shape index (κ3) is 2.42. The van der Waals surface area contributed by atoms with Gasteiger partial charge in [-0.2, -0.15) is 0 Å². The van der Waals surface area contributed by atoms with Gasteiger partial charge >= 0.3 is 0 Å². The first kappa shape index (κ1) is 11.9. The molecular weight excluding hydrogens is 216 g/mol. The number of benzene rings is 1. The average Bonchev–Trinajstić information content (AvgIpc) is 2.76. The Kier molecular flexibility index (Phi) is 3.33. The van der Waals surface area contributed by atoms with Gasteiger partial charge in [0, 0.05) is 13.1 Å².